The molecular weight excluding hydrogens is 348 g/mol. The van der Waals surface area contributed by atoms with Crippen molar-refractivity contribution in [2.24, 2.45) is 11.8 Å². The van der Waals surface area contributed by atoms with Crippen LogP contribution in [-0.2, 0) is 11.0 Å². The molecule has 0 saturated heterocycles. The van der Waals surface area contributed by atoms with E-state index in [4.69, 9.17) is 0 Å². The summed E-state index contributed by atoms with van der Waals surface area (Å²) in [5.41, 5.74) is -0.577. The van der Waals surface area contributed by atoms with Crippen LogP contribution in [0.3, 0.4) is 0 Å². The maximum atomic E-state index is 12.8. The fraction of sp³-hybridized carbons (Fsp3) is 0.588. The smallest absolute Gasteiger partial charge is 0.349 e. The van der Waals surface area contributed by atoms with Crippen LogP contribution in [0, 0.1) is 11.8 Å². The van der Waals surface area contributed by atoms with E-state index in [-0.39, 0.29) is 18.4 Å². The third-order valence-corrected chi connectivity index (χ3v) is 4.58. The van der Waals surface area contributed by atoms with E-state index in [9.17, 15) is 31.1 Å². The molecule has 1 aromatic rings. The summed E-state index contributed by atoms with van der Waals surface area (Å²) in [7, 11) is 0. The SMILES string of the molecule is C[C@H](NC(=O)[C@H]1CCC[C@H](C(F)(F)F)C1)c1cccc(C(F)(F)F)c1. The summed E-state index contributed by atoms with van der Waals surface area (Å²) in [5.74, 6) is -2.81. The zero-order valence-electron chi connectivity index (χ0n) is 13.5. The second kappa shape index (κ2) is 7.25. The Morgan fingerprint density at radius 2 is 1.84 bits per heavy atom. The van der Waals surface area contributed by atoms with Gasteiger partial charge in [-0.05, 0) is 43.9 Å². The third kappa shape index (κ3) is 5.12. The predicted molar refractivity (Wildman–Crippen MR) is 79.5 cm³/mol. The van der Waals surface area contributed by atoms with Crippen LogP contribution in [0.4, 0.5) is 26.3 Å². The average molecular weight is 367 g/mol. The van der Waals surface area contributed by atoms with Crippen molar-refractivity contribution in [3.8, 4) is 0 Å². The number of hydrogen-bond donors (Lipinski definition) is 1. The normalized spacial score (nSPS) is 23.2. The van der Waals surface area contributed by atoms with E-state index in [0.717, 1.165) is 12.1 Å². The number of halogens is 6. The van der Waals surface area contributed by atoms with Gasteiger partial charge >= 0.3 is 12.4 Å². The molecule has 8 heteroatoms. The monoisotopic (exact) mass is 367 g/mol. The number of amides is 1. The molecule has 0 heterocycles. The van der Waals surface area contributed by atoms with Gasteiger partial charge in [-0.25, -0.2) is 0 Å². The fourth-order valence-corrected chi connectivity index (χ4v) is 3.12. The molecule has 1 aliphatic carbocycles. The van der Waals surface area contributed by atoms with Crippen molar-refractivity contribution in [2.75, 3.05) is 0 Å². The van der Waals surface area contributed by atoms with Gasteiger partial charge in [0.15, 0.2) is 0 Å². The van der Waals surface area contributed by atoms with Crippen molar-refractivity contribution in [3.63, 3.8) is 0 Å². The molecule has 0 spiro atoms. The highest BCUT2D eigenvalue weighted by molar-refractivity contribution is 5.79. The molecule has 2 nitrogen and oxygen atoms in total. The lowest BCUT2D eigenvalue weighted by molar-refractivity contribution is -0.186. The van der Waals surface area contributed by atoms with E-state index in [1.807, 2.05) is 0 Å². The lowest BCUT2D eigenvalue weighted by Gasteiger charge is -2.30. The molecule has 140 valence electrons. The number of benzene rings is 1. The molecule has 1 N–H and O–H groups in total. The summed E-state index contributed by atoms with van der Waals surface area (Å²) in [6.07, 6.45) is -8.43. The van der Waals surface area contributed by atoms with Crippen LogP contribution < -0.4 is 5.32 Å². The van der Waals surface area contributed by atoms with Gasteiger partial charge in [-0.2, -0.15) is 26.3 Å². The Balaban J connectivity index is 2.03. The first kappa shape index (κ1) is 19.6. The van der Waals surface area contributed by atoms with Crippen molar-refractivity contribution >= 4 is 5.91 Å². The van der Waals surface area contributed by atoms with E-state index < -0.39 is 41.7 Å². The second-order valence-electron chi connectivity index (χ2n) is 6.46. The van der Waals surface area contributed by atoms with Gasteiger partial charge in [0, 0.05) is 5.92 Å². The zero-order chi connectivity index (χ0) is 18.8. The van der Waals surface area contributed by atoms with E-state index >= 15 is 0 Å². The van der Waals surface area contributed by atoms with E-state index in [2.05, 4.69) is 5.32 Å². The Labute approximate surface area is 141 Å². The van der Waals surface area contributed by atoms with E-state index in [1.54, 1.807) is 0 Å². The van der Waals surface area contributed by atoms with Crippen molar-refractivity contribution in [1.82, 2.24) is 5.32 Å². The minimum absolute atomic E-state index is 0.0104. The lowest BCUT2D eigenvalue weighted by atomic mass is 9.80. The number of alkyl halides is 6. The quantitative estimate of drug-likeness (QED) is 0.727. The van der Waals surface area contributed by atoms with Crippen LogP contribution >= 0.6 is 0 Å². The second-order valence-corrected chi connectivity index (χ2v) is 6.46. The third-order valence-electron chi connectivity index (χ3n) is 4.58. The van der Waals surface area contributed by atoms with Crippen LogP contribution in [0.1, 0.15) is 49.8 Å². The molecule has 1 amide bonds. The summed E-state index contributed by atoms with van der Waals surface area (Å²) in [6.45, 7) is 1.51. The molecule has 1 aromatic carbocycles. The maximum absolute atomic E-state index is 12.8. The highest BCUT2D eigenvalue weighted by Crippen LogP contribution is 2.40. The van der Waals surface area contributed by atoms with Crippen molar-refractivity contribution < 1.29 is 31.1 Å². The molecule has 1 saturated carbocycles. The average Bonchev–Trinajstić information content (AvgIpc) is 2.53. The first-order valence-electron chi connectivity index (χ1n) is 8.02. The summed E-state index contributed by atoms with van der Waals surface area (Å²) >= 11 is 0. The van der Waals surface area contributed by atoms with Gasteiger partial charge in [0.25, 0.3) is 0 Å². The Morgan fingerprint density at radius 3 is 2.44 bits per heavy atom. The van der Waals surface area contributed by atoms with Crippen molar-refractivity contribution in [2.45, 2.75) is 51.0 Å². The standard InChI is InChI=1S/C17H19F6NO/c1-10(11-4-2-6-13(8-11)16(18,19)20)24-15(25)12-5-3-7-14(9-12)17(21,22)23/h2,4,6,8,10,12,14H,3,5,7,9H2,1H3,(H,24,25)/t10-,12-,14-/m0/s1. The molecule has 25 heavy (non-hydrogen) atoms. The number of hydrogen-bond acceptors (Lipinski definition) is 1. The Kier molecular flexibility index (Phi) is 5.68. The molecule has 0 bridgehead atoms. The molecule has 2 rings (SSSR count). The molecule has 0 aromatic heterocycles. The molecule has 3 atom stereocenters. The minimum atomic E-state index is -4.50. The Hall–Kier alpha value is -1.73. The largest absolute Gasteiger partial charge is 0.416 e. The lowest BCUT2D eigenvalue weighted by Crippen LogP contribution is -2.38. The predicted octanol–water partition coefficient (Wildman–Crippen LogP) is 5.25. The van der Waals surface area contributed by atoms with Crippen LogP contribution in [0.15, 0.2) is 24.3 Å². The van der Waals surface area contributed by atoms with Crippen LogP contribution in [0.5, 0.6) is 0 Å². The molecule has 1 aliphatic rings. The van der Waals surface area contributed by atoms with Crippen molar-refractivity contribution in [3.05, 3.63) is 35.4 Å². The maximum Gasteiger partial charge on any atom is 0.416 e. The van der Waals surface area contributed by atoms with Gasteiger partial charge in [0.05, 0.1) is 17.5 Å². The zero-order valence-corrected chi connectivity index (χ0v) is 13.5. The summed E-state index contributed by atoms with van der Waals surface area (Å²) in [6, 6.07) is 3.82. The van der Waals surface area contributed by atoms with Gasteiger partial charge in [-0.1, -0.05) is 18.6 Å². The first-order valence-corrected chi connectivity index (χ1v) is 8.02. The summed E-state index contributed by atoms with van der Waals surface area (Å²) < 4.78 is 76.7. The van der Waals surface area contributed by atoms with Crippen LogP contribution in [0.2, 0.25) is 0 Å². The van der Waals surface area contributed by atoms with Crippen LogP contribution in [-0.4, -0.2) is 12.1 Å². The van der Waals surface area contributed by atoms with Crippen molar-refractivity contribution in [1.29, 1.82) is 0 Å². The number of nitrogens with one attached hydrogen (secondary N) is 1. The summed E-state index contributed by atoms with van der Waals surface area (Å²) in [5, 5.41) is 2.54. The highest BCUT2D eigenvalue weighted by Gasteiger charge is 2.43. The van der Waals surface area contributed by atoms with Gasteiger partial charge in [0.2, 0.25) is 5.91 Å². The number of carbonyl (C=O) groups excluding carboxylic acids is 1. The topological polar surface area (TPSA) is 29.1 Å². The molecule has 0 radical (unpaired) electrons. The molecule has 0 unspecified atom stereocenters. The molecule has 1 fully saturated rings. The van der Waals surface area contributed by atoms with E-state index in [0.29, 0.717) is 12.8 Å². The number of rotatable bonds is 3. The molecular formula is C17H19F6NO. The summed E-state index contributed by atoms with van der Waals surface area (Å²) in [4.78, 5) is 12.2. The first-order chi connectivity index (χ1) is 11.5. The van der Waals surface area contributed by atoms with Gasteiger partial charge in [0.1, 0.15) is 0 Å². The van der Waals surface area contributed by atoms with Gasteiger partial charge in [-0.3, -0.25) is 4.79 Å². The molecule has 0 aliphatic heterocycles. The fourth-order valence-electron chi connectivity index (χ4n) is 3.12. The van der Waals surface area contributed by atoms with Gasteiger partial charge in [-0.15, -0.1) is 0 Å². The number of carbonyl (C=O) groups is 1. The van der Waals surface area contributed by atoms with Crippen LogP contribution in [0.25, 0.3) is 0 Å². The highest BCUT2D eigenvalue weighted by atomic mass is 19.4. The minimum Gasteiger partial charge on any atom is -0.349 e. The Morgan fingerprint density at radius 1 is 1.16 bits per heavy atom. The Bertz CT molecular complexity index is 610. The van der Waals surface area contributed by atoms with E-state index in [1.165, 1.54) is 19.1 Å². The van der Waals surface area contributed by atoms with Gasteiger partial charge < -0.3 is 5.32 Å².